The fourth-order valence-corrected chi connectivity index (χ4v) is 2.08. The first-order valence-corrected chi connectivity index (χ1v) is 5.54. The standard InChI is InChI=1S/C10H14O2S/c1-8-3-5-10(6-4-8)13(12)7-9(2)11/h3-6,9,11H,7H2,1-2H3/t9-,13+/m0/s1. The van der Waals surface area contributed by atoms with E-state index in [-0.39, 0.29) is 0 Å². The van der Waals surface area contributed by atoms with Crippen molar-refractivity contribution >= 4 is 10.8 Å². The molecule has 0 aliphatic carbocycles. The van der Waals surface area contributed by atoms with Gasteiger partial charge in [0.05, 0.1) is 22.7 Å². The zero-order chi connectivity index (χ0) is 9.84. The van der Waals surface area contributed by atoms with Crippen LogP contribution in [0, 0.1) is 6.92 Å². The Bertz CT molecular complexity index is 290. The summed E-state index contributed by atoms with van der Waals surface area (Å²) in [7, 11) is -1.07. The Morgan fingerprint density at radius 2 is 1.92 bits per heavy atom. The highest BCUT2D eigenvalue weighted by Gasteiger charge is 2.06. The maximum absolute atomic E-state index is 11.5. The predicted molar refractivity (Wildman–Crippen MR) is 54.1 cm³/mol. The number of aliphatic hydroxyl groups excluding tert-OH is 1. The summed E-state index contributed by atoms with van der Waals surface area (Å²) in [6.45, 7) is 3.63. The fourth-order valence-electron chi connectivity index (χ4n) is 1.01. The maximum atomic E-state index is 11.5. The first-order valence-electron chi connectivity index (χ1n) is 4.22. The third-order valence-electron chi connectivity index (χ3n) is 1.68. The molecule has 0 saturated carbocycles. The van der Waals surface area contributed by atoms with E-state index in [1.807, 2.05) is 31.2 Å². The topological polar surface area (TPSA) is 37.3 Å². The average Bonchev–Trinajstić information content (AvgIpc) is 2.04. The first kappa shape index (κ1) is 10.4. The molecule has 0 heterocycles. The van der Waals surface area contributed by atoms with Gasteiger partial charge in [0.15, 0.2) is 0 Å². The minimum absolute atomic E-state index is 0.309. The molecule has 1 rings (SSSR count). The van der Waals surface area contributed by atoms with Gasteiger partial charge in [0.25, 0.3) is 0 Å². The number of benzene rings is 1. The molecule has 2 nitrogen and oxygen atoms in total. The van der Waals surface area contributed by atoms with Crippen molar-refractivity contribution in [3.63, 3.8) is 0 Å². The molecule has 2 atom stereocenters. The van der Waals surface area contributed by atoms with Gasteiger partial charge in [0.1, 0.15) is 0 Å². The van der Waals surface area contributed by atoms with Crippen LogP contribution in [0.3, 0.4) is 0 Å². The van der Waals surface area contributed by atoms with Gasteiger partial charge in [-0.05, 0) is 26.0 Å². The van der Waals surface area contributed by atoms with E-state index in [9.17, 15) is 4.21 Å². The van der Waals surface area contributed by atoms with E-state index in [0.717, 1.165) is 10.5 Å². The highest BCUT2D eigenvalue weighted by molar-refractivity contribution is 7.85. The summed E-state index contributed by atoms with van der Waals surface area (Å²) in [5.74, 6) is 0.309. The van der Waals surface area contributed by atoms with Crippen molar-refractivity contribution in [3.8, 4) is 0 Å². The predicted octanol–water partition coefficient (Wildman–Crippen LogP) is 1.48. The fraction of sp³-hybridized carbons (Fsp3) is 0.400. The summed E-state index contributed by atoms with van der Waals surface area (Å²) >= 11 is 0. The Kier molecular flexibility index (Phi) is 3.63. The molecule has 0 unspecified atom stereocenters. The summed E-state index contributed by atoms with van der Waals surface area (Å²) < 4.78 is 11.5. The summed E-state index contributed by atoms with van der Waals surface area (Å²) in [6.07, 6.45) is -0.512. The van der Waals surface area contributed by atoms with Crippen molar-refractivity contribution in [2.24, 2.45) is 0 Å². The van der Waals surface area contributed by atoms with Crippen LogP contribution in [0.1, 0.15) is 12.5 Å². The molecule has 1 aromatic rings. The monoisotopic (exact) mass is 198 g/mol. The minimum Gasteiger partial charge on any atom is -0.392 e. The molecule has 0 saturated heterocycles. The van der Waals surface area contributed by atoms with Crippen LogP contribution in [0.2, 0.25) is 0 Å². The molecule has 0 amide bonds. The summed E-state index contributed by atoms with van der Waals surface area (Å²) in [6, 6.07) is 7.53. The second-order valence-electron chi connectivity index (χ2n) is 3.17. The molecular formula is C10H14O2S. The molecule has 3 heteroatoms. The zero-order valence-corrected chi connectivity index (χ0v) is 8.67. The van der Waals surface area contributed by atoms with Crippen LogP contribution in [-0.4, -0.2) is 21.2 Å². The number of rotatable bonds is 3. The average molecular weight is 198 g/mol. The van der Waals surface area contributed by atoms with Crippen LogP contribution in [0.5, 0.6) is 0 Å². The van der Waals surface area contributed by atoms with Crippen molar-refractivity contribution in [1.82, 2.24) is 0 Å². The van der Waals surface area contributed by atoms with E-state index in [4.69, 9.17) is 5.11 Å². The lowest BCUT2D eigenvalue weighted by atomic mass is 10.2. The van der Waals surface area contributed by atoms with Crippen LogP contribution >= 0.6 is 0 Å². The van der Waals surface area contributed by atoms with Gasteiger partial charge >= 0.3 is 0 Å². The Morgan fingerprint density at radius 3 is 2.38 bits per heavy atom. The minimum atomic E-state index is -1.07. The van der Waals surface area contributed by atoms with Crippen LogP contribution in [0.15, 0.2) is 29.2 Å². The Labute approximate surface area is 81.1 Å². The second kappa shape index (κ2) is 4.53. The largest absolute Gasteiger partial charge is 0.392 e. The molecule has 1 N–H and O–H groups in total. The van der Waals surface area contributed by atoms with E-state index in [0.29, 0.717) is 5.75 Å². The van der Waals surface area contributed by atoms with E-state index in [1.54, 1.807) is 6.92 Å². The molecule has 0 aromatic heterocycles. The molecule has 0 aliphatic rings. The quantitative estimate of drug-likeness (QED) is 0.799. The van der Waals surface area contributed by atoms with Gasteiger partial charge in [-0.25, -0.2) is 0 Å². The van der Waals surface area contributed by atoms with Crippen LogP contribution in [0.4, 0.5) is 0 Å². The molecule has 1 aromatic carbocycles. The number of aliphatic hydroxyl groups is 1. The van der Waals surface area contributed by atoms with Crippen molar-refractivity contribution in [1.29, 1.82) is 0 Å². The third kappa shape index (κ3) is 3.28. The van der Waals surface area contributed by atoms with Crippen molar-refractivity contribution in [2.75, 3.05) is 5.75 Å². The molecule has 0 bridgehead atoms. The molecule has 0 fully saturated rings. The van der Waals surface area contributed by atoms with Gasteiger partial charge in [-0.3, -0.25) is 4.21 Å². The lowest BCUT2D eigenvalue weighted by Crippen LogP contribution is -2.12. The lowest BCUT2D eigenvalue weighted by Gasteiger charge is -2.04. The smallest absolute Gasteiger partial charge is 0.0630 e. The van der Waals surface area contributed by atoms with Gasteiger partial charge in [0.2, 0.25) is 0 Å². The molecule has 0 radical (unpaired) electrons. The summed E-state index contributed by atoms with van der Waals surface area (Å²) in [5.41, 5.74) is 1.15. The maximum Gasteiger partial charge on any atom is 0.0630 e. The van der Waals surface area contributed by atoms with E-state index in [2.05, 4.69) is 0 Å². The lowest BCUT2D eigenvalue weighted by molar-refractivity contribution is 0.219. The van der Waals surface area contributed by atoms with Crippen LogP contribution in [-0.2, 0) is 10.8 Å². The Balaban J connectivity index is 2.72. The molecule has 13 heavy (non-hydrogen) atoms. The molecule has 72 valence electrons. The van der Waals surface area contributed by atoms with Crippen LogP contribution < -0.4 is 0 Å². The normalized spacial score (nSPS) is 15.3. The van der Waals surface area contributed by atoms with E-state index < -0.39 is 16.9 Å². The third-order valence-corrected chi connectivity index (χ3v) is 3.26. The van der Waals surface area contributed by atoms with Crippen molar-refractivity contribution < 1.29 is 9.32 Å². The second-order valence-corrected chi connectivity index (χ2v) is 4.67. The van der Waals surface area contributed by atoms with Crippen LogP contribution in [0.25, 0.3) is 0 Å². The number of hydrogen-bond acceptors (Lipinski definition) is 2. The molecular weight excluding hydrogens is 184 g/mol. The van der Waals surface area contributed by atoms with Gasteiger partial charge in [-0.2, -0.15) is 0 Å². The molecule has 0 aliphatic heterocycles. The SMILES string of the molecule is Cc1ccc([S@](=O)C[C@H](C)O)cc1. The van der Waals surface area contributed by atoms with Gasteiger partial charge < -0.3 is 5.11 Å². The van der Waals surface area contributed by atoms with Crippen molar-refractivity contribution in [2.45, 2.75) is 24.8 Å². The van der Waals surface area contributed by atoms with E-state index >= 15 is 0 Å². The summed E-state index contributed by atoms with van der Waals surface area (Å²) in [4.78, 5) is 0.784. The van der Waals surface area contributed by atoms with Gasteiger partial charge in [-0.15, -0.1) is 0 Å². The Morgan fingerprint density at radius 1 is 1.38 bits per heavy atom. The zero-order valence-electron chi connectivity index (χ0n) is 7.86. The van der Waals surface area contributed by atoms with E-state index in [1.165, 1.54) is 0 Å². The summed E-state index contributed by atoms with van der Waals surface area (Å²) in [5, 5.41) is 9.05. The molecule has 0 spiro atoms. The van der Waals surface area contributed by atoms with Crippen molar-refractivity contribution in [3.05, 3.63) is 29.8 Å². The highest BCUT2D eigenvalue weighted by Crippen LogP contribution is 2.08. The van der Waals surface area contributed by atoms with Gasteiger partial charge in [-0.1, -0.05) is 17.7 Å². The number of aryl methyl sites for hydroxylation is 1. The highest BCUT2D eigenvalue weighted by atomic mass is 32.2. The number of hydrogen-bond donors (Lipinski definition) is 1. The first-order chi connectivity index (χ1) is 6.09. The Hall–Kier alpha value is -0.670. The van der Waals surface area contributed by atoms with Gasteiger partial charge in [0, 0.05) is 4.90 Å².